The number of esters is 2. The van der Waals surface area contributed by atoms with E-state index in [4.69, 9.17) is 14.2 Å². The Morgan fingerprint density at radius 3 is 2.47 bits per heavy atom. The first-order chi connectivity index (χ1) is 24.0. The second-order valence-corrected chi connectivity index (χ2v) is 13.6. The van der Waals surface area contributed by atoms with E-state index in [-0.39, 0.29) is 11.9 Å². The van der Waals surface area contributed by atoms with Gasteiger partial charge in [0.1, 0.15) is 12.4 Å². The first kappa shape index (κ1) is 36.0. The van der Waals surface area contributed by atoms with Crippen LogP contribution < -0.4 is 4.74 Å². The number of unbranched alkanes of at least 4 members (excludes halogenated alkanes) is 2. The summed E-state index contributed by atoms with van der Waals surface area (Å²) in [7, 11) is 2.88. The standard InChI is InChI=1S/C44H52O5/c1-47-43(45)19-8-4-7-14-35(30-38-16-11-17-39-31-40(44(46)48-2)28-29-41(38)39)26-27-37-15-9-10-18-42(37)49-32-36-24-22-34(23-25-36)21-20-33-12-5-3-6-13-33/h9-10,14-15,18,22-25,28-29,31,33,38H,3-8,11-13,16-17,19,26-27,30,32H2,1-2H3/b35-14+. The lowest BCUT2D eigenvalue weighted by Crippen LogP contribution is -2.13. The molecule has 2 aliphatic rings. The van der Waals surface area contributed by atoms with Crippen LogP contribution in [0.25, 0.3) is 0 Å². The van der Waals surface area contributed by atoms with Crippen molar-refractivity contribution in [3.63, 3.8) is 0 Å². The molecule has 0 heterocycles. The summed E-state index contributed by atoms with van der Waals surface area (Å²) >= 11 is 0. The minimum Gasteiger partial charge on any atom is -0.489 e. The fraction of sp³-hybridized carbons (Fsp3) is 0.455. The van der Waals surface area contributed by atoms with Crippen molar-refractivity contribution in [3.8, 4) is 17.6 Å². The molecule has 2 aliphatic carbocycles. The van der Waals surface area contributed by atoms with Crippen LogP contribution >= 0.6 is 0 Å². The minimum atomic E-state index is -0.283. The van der Waals surface area contributed by atoms with E-state index in [0.717, 1.165) is 74.7 Å². The van der Waals surface area contributed by atoms with Gasteiger partial charge in [-0.25, -0.2) is 4.79 Å². The number of allylic oxidation sites excluding steroid dienone is 2. The fourth-order valence-electron chi connectivity index (χ4n) is 7.22. The lowest BCUT2D eigenvalue weighted by atomic mass is 9.78. The third-order valence-electron chi connectivity index (χ3n) is 10.1. The van der Waals surface area contributed by atoms with Crippen molar-refractivity contribution in [3.05, 3.63) is 112 Å². The Balaban J connectivity index is 1.22. The zero-order chi connectivity index (χ0) is 34.3. The number of hydrogen-bond acceptors (Lipinski definition) is 5. The topological polar surface area (TPSA) is 61.8 Å². The van der Waals surface area contributed by atoms with Gasteiger partial charge in [0.15, 0.2) is 0 Å². The van der Waals surface area contributed by atoms with E-state index in [2.05, 4.69) is 66.4 Å². The minimum absolute atomic E-state index is 0.148. The van der Waals surface area contributed by atoms with Crippen LogP contribution in [-0.4, -0.2) is 26.2 Å². The van der Waals surface area contributed by atoms with E-state index in [1.54, 1.807) is 0 Å². The van der Waals surface area contributed by atoms with Crippen molar-refractivity contribution in [2.24, 2.45) is 5.92 Å². The molecule has 5 nitrogen and oxygen atoms in total. The van der Waals surface area contributed by atoms with Gasteiger partial charge >= 0.3 is 11.9 Å². The lowest BCUT2D eigenvalue weighted by Gasteiger charge is -2.27. The predicted octanol–water partition coefficient (Wildman–Crippen LogP) is 10.1. The Morgan fingerprint density at radius 2 is 1.67 bits per heavy atom. The summed E-state index contributed by atoms with van der Waals surface area (Å²) in [5, 5.41) is 0. The molecule has 0 spiro atoms. The molecule has 1 atom stereocenters. The van der Waals surface area contributed by atoms with E-state index in [1.807, 2.05) is 18.2 Å². The third kappa shape index (κ3) is 11.1. The molecule has 1 unspecified atom stereocenters. The highest BCUT2D eigenvalue weighted by Crippen LogP contribution is 2.38. The molecule has 3 aromatic rings. The van der Waals surface area contributed by atoms with Crippen molar-refractivity contribution in [2.45, 2.75) is 109 Å². The van der Waals surface area contributed by atoms with Crippen LogP contribution in [0.15, 0.2) is 78.4 Å². The predicted molar refractivity (Wildman–Crippen MR) is 196 cm³/mol. The Hall–Kier alpha value is -4.30. The number of benzene rings is 3. The molecule has 5 rings (SSSR count). The number of methoxy groups -OCH3 is 2. The number of fused-ring (bicyclic) bond motifs is 1. The molecule has 0 aromatic heterocycles. The molecule has 1 saturated carbocycles. The maximum atomic E-state index is 12.2. The summed E-state index contributed by atoms with van der Waals surface area (Å²) in [6, 6.07) is 22.9. The van der Waals surface area contributed by atoms with Crippen LogP contribution in [0.5, 0.6) is 5.75 Å². The van der Waals surface area contributed by atoms with Gasteiger partial charge in [-0.2, -0.15) is 0 Å². The second-order valence-electron chi connectivity index (χ2n) is 13.6. The Kier molecular flexibility index (Phi) is 14.0. The van der Waals surface area contributed by atoms with Crippen LogP contribution in [0.4, 0.5) is 0 Å². The maximum Gasteiger partial charge on any atom is 0.337 e. The average molecular weight is 661 g/mol. The smallest absolute Gasteiger partial charge is 0.337 e. The number of aryl methyl sites for hydroxylation is 2. The van der Waals surface area contributed by atoms with E-state index in [1.165, 1.54) is 68.6 Å². The molecule has 5 heteroatoms. The van der Waals surface area contributed by atoms with Crippen LogP contribution in [0.2, 0.25) is 0 Å². The molecule has 0 radical (unpaired) electrons. The maximum absolute atomic E-state index is 12.2. The first-order valence-electron chi connectivity index (χ1n) is 18.3. The number of carbonyl (C=O) groups excluding carboxylic acids is 2. The monoisotopic (exact) mass is 660 g/mol. The van der Waals surface area contributed by atoms with Gasteiger partial charge in [-0.1, -0.05) is 79.2 Å². The van der Waals surface area contributed by atoms with Gasteiger partial charge in [0, 0.05) is 17.9 Å². The molecule has 0 aliphatic heterocycles. The summed E-state index contributed by atoms with van der Waals surface area (Å²) in [5.74, 6) is 8.34. The Labute approximate surface area is 293 Å². The van der Waals surface area contributed by atoms with Crippen molar-refractivity contribution < 1.29 is 23.8 Å². The van der Waals surface area contributed by atoms with E-state index < -0.39 is 0 Å². The SMILES string of the molecule is COC(=O)CCCC/C=C(\CCc1ccccc1OCc1ccc(C#CC2CCCCC2)cc1)CC1CCCc2cc(C(=O)OC)ccc21. The highest BCUT2D eigenvalue weighted by Gasteiger charge is 2.23. The van der Waals surface area contributed by atoms with Gasteiger partial charge in [0.05, 0.1) is 19.8 Å². The van der Waals surface area contributed by atoms with Crippen LogP contribution in [0.3, 0.4) is 0 Å². The van der Waals surface area contributed by atoms with Crippen molar-refractivity contribution in [1.29, 1.82) is 0 Å². The van der Waals surface area contributed by atoms with Crippen molar-refractivity contribution >= 4 is 11.9 Å². The summed E-state index contributed by atoms with van der Waals surface area (Å²) in [4.78, 5) is 23.8. The molecule has 258 valence electrons. The molecule has 3 aromatic carbocycles. The molecule has 0 bridgehead atoms. The molecule has 1 fully saturated rings. The van der Waals surface area contributed by atoms with Crippen molar-refractivity contribution in [1.82, 2.24) is 0 Å². The number of ether oxygens (including phenoxy) is 3. The number of rotatable bonds is 14. The highest BCUT2D eigenvalue weighted by atomic mass is 16.5. The number of carbonyl (C=O) groups is 2. The van der Waals surface area contributed by atoms with Crippen molar-refractivity contribution in [2.75, 3.05) is 14.2 Å². The van der Waals surface area contributed by atoms with Gasteiger partial charge in [-0.05, 0) is 129 Å². The lowest BCUT2D eigenvalue weighted by molar-refractivity contribution is -0.140. The van der Waals surface area contributed by atoms with Crippen LogP contribution in [0, 0.1) is 17.8 Å². The average Bonchev–Trinajstić information content (AvgIpc) is 3.15. The Morgan fingerprint density at radius 1 is 0.857 bits per heavy atom. The Bertz CT molecular complexity index is 1620. The van der Waals surface area contributed by atoms with Gasteiger partial charge in [0.25, 0.3) is 0 Å². The fourth-order valence-corrected chi connectivity index (χ4v) is 7.22. The summed E-state index contributed by atoms with van der Waals surface area (Å²) in [6.45, 7) is 0.517. The van der Waals surface area contributed by atoms with Gasteiger partial charge < -0.3 is 14.2 Å². The normalized spacial score (nSPS) is 16.2. The molecule has 0 saturated heterocycles. The van der Waals surface area contributed by atoms with Crippen LogP contribution in [0.1, 0.15) is 128 Å². The van der Waals surface area contributed by atoms with E-state index in [0.29, 0.717) is 30.4 Å². The second kappa shape index (κ2) is 19.0. The largest absolute Gasteiger partial charge is 0.489 e. The van der Waals surface area contributed by atoms with E-state index >= 15 is 0 Å². The summed E-state index contributed by atoms with van der Waals surface area (Å²) in [6.07, 6.45) is 18.1. The van der Waals surface area contributed by atoms with Gasteiger partial charge in [-0.3, -0.25) is 4.79 Å². The number of para-hydroxylation sites is 1. The molecule has 0 amide bonds. The van der Waals surface area contributed by atoms with Gasteiger partial charge in [0.2, 0.25) is 0 Å². The van der Waals surface area contributed by atoms with E-state index in [9.17, 15) is 9.59 Å². The molecule has 0 N–H and O–H groups in total. The zero-order valence-corrected chi connectivity index (χ0v) is 29.4. The third-order valence-corrected chi connectivity index (χ3v) is 10.1. The van der Waals surface area contributed by atoms with Gasteiger partial charge in [-0.15, -0.1) is 0 Å². The molecule has 49 heavy (non-hydrogen) atoms. The van der Waals surface area contributed by atoms with Crippen LogP contribution in [-0.2, 0) is 33.7 Å². The summed E-state index contributed by atoms with van der Waals surface area (Å²) < 4.78 is 16.2. The quantitative estimate of drug-likeness (QED) is 0.0745. The highest BCUT2D eigenvalue weighted by molar-refractivity contribution is 5.89. The zero-order valence-electron chi connectivity index (χ0n) is 29.4. The first-order valence-corrected chi connectivity index (χ1v) is 18.3. The molecular weight excluding hydrogens is 608 g/mol. The molecular formula is C44H52O5. The number of hydrogen-bond donors (Lipinski definition) is 0. The summed E-state index contributed by atoms with van der Waals surface area (Å²) in [5.41, 5.74) is 8.10.